The first-order chi connectivity index (χ1) is 14.1. The molecule has 0 aliphatic carbocycles. The number of aryl methyl sites for hydroxylation is 1. The van der Waals surface area contributed by atoms with Gasteiger partial charge < -0.3 is 9.32 Å². The molecular formula is C23H20FN3O2. The maximum Gasteiger partial charge on any atom is 0.290 e. The molecule has 4 rings (SSSR count). The minimum Gasteiger partial charge on any atom is -0.451 e. The van der Waals surface area contributed by atoms with E-state index in [2.05, 4.69) is 9.97 Å². The van der Waals surface area contributed by atoms with Gasteiger partial charge in [-0.05, 0) is 55.0 Å². The third-order valence-electron chi connectivity index (χ3n) is 4.87. The van der Waals surface area contributed by atoms with Crippen molar-refractivity contribution in [2.75, 3.05) is 6.54 Å². The lowest BCUT2D eigenvalue weighted by atomic mass is 10.1. The Bertz CT molecular complexity index is 1130. The summed E-state index contributed by atoms with van der Waals surface area (Å²) in [5, 5.41) is 0.613. The standard InChI is InChI=1S/C23H20FN3O2/c1-16-20-14-18(24)5-6-21(20)29-22(16)23(28)27(15-17-7-11-25-12-8-17)13-9-19-4-2-3-10-26-19/h2-8,10-12,14H,9,13,15H2,1H3. The summed E-state index contributed by atoms with van der Waals surface area (Å²) in [6, 6.07) is 13.8. The molecule has 0 radical (unpaired) electrons. The van der Waals surface area contributed by atoms with Gasteiger partial charge in [-0.1, -0.05) is 6.07 Å². The average Bonchev–Trinajstić information content (AvgIpc) is 3.08. The van der Waals surface area contributed by atoms with E-state index < -0.39 is 0 Å². The van der Waals surface area contributed by atoms with Crippen LogP contribution in [0.15, 0.2) is 71.5 Å². The highest BCUT2D eigenvalue weighted by Crippen LogP contribution is 2.27. The van der Waals surface area contributed by atoms with Gasteiger partial charge in [0.15, 0.2) is 5.76 Å². The molecule has 1 aromatic carbocycles. The van der Waals surface area contributed by atoms with Gasteiger partial charge in [0, 0.05) is 54.7 Å². The summed E-state index contributed by atoms with van der Waals surface area (Å²) in [6.45, 7) is 2.67. The van der Waals surface area contributed by atoms with Crippen LogP contribution < -0.4 is 0 Å². The molecular weight excluding hydrogens is 369 g/mol. The number of amides is 1. The summed E-state index contributed by atoms with van der Waals surface area (Å²) in [6.07, 6.45) is 5.76. The van der Waals surface area contributed by atoms with Crippen molar-refractivity contribution >= 4 is 16.9 Å². The van der Waals surface area contributed by atoms with Gasteiger partial charge in [-0.15, -0.1) is 0 Å². The van der Waals surface area contributed by atoms with Crippen molar-refractivity contribution in [3.05, 3.63) is 95.5 Å². The Hall–Kier alpha value is -3.54. The topological polar surface area (TPSA) is 59.2 Å². The predicted octanol–water partition coefficient (Wildman–Crippen LogP) is 4.56. The van der Waals surface area contributed by atoms with E-state index in [-0.39, 0.29) is 17.5 Å². The highest BCUT2D eigenvalue weighted by molar-refractivity contribution is 5.98. The fourth-order valence-electron chi connectivity index (χ4n) is 3.30. The van der Waals surface area contributed by atoms with Crippen molar-refractivity contribution in [3.63, 3.8) is 0 Å². The van der Waals surface area contributed by atoms with Crippen LogP contribution in [-0.4, -0.2) is 27.3 Å². The largest absolute Gasteiger partial charge is 0.451 e. The van der Waals surface area contributed by atoms with Gasteiger partial charge in [-0.2, -0.15) is 0 Å². The van der Waals surface area contributed by atoms with E-state index in [1.54, 1.807) is 36.5 Å². The van der Waals surface area contributed by atoms with E-state index in [0.29, 0.717) is 36.0 Å². The number of pyridine rings is 2. The maximum atomic E-state index is 13.6. The maximum absolute atomic E-state index is 13.6. The Morgan fingerprint density at radius 3 is 2.69 bits per heavy atom. The lowest BCUT2D eigenvalue weighted by molar-refractivity contribution is 0.0714. The van der Waals surface area contributed by atoms with Crippen LogP contribution in [0.2, 0.25) is 0 Å². The van der Waals surface area contributed by atoms with Crippen LogP contribution in [0.3, 0.4) is 0 Å². The molecule has 4 aromatic rings. The number of carbonyl (C=O) groups excluding carboxylic acids is 1. The number of halogens is 1. The molecule has 0 saturated heterocycles. The van der Waals surface area contributed by atoms with Gasteiger partial charge in [-0.3, -0.25) is 14.8 Å². The van der Waals surface area contributed by atoms with Crippen LogP contribution >= 0.6 is 0 Å². The molecule has 3 aromatic heterocycles. The van der Waals surface area contributed by atoms with E-state index in [1.165, 1.54) is 12.1 Å². The number of carbonyl (C=O) groups is 1. The van der Waals surface area contributed by atoms with Crippen molar-refractivity contribution in [1.29, 1.82) is 0 Å². The number of fused-ring (bicyclic) bond motifs is 1. The number of hydrogen-bond acceptors (Lipinski definition) is 4. The lowest BCUT2D eigenvalue weighted by Crippen LogP contribution is -2.32. The summed E-state index contributed by atoms with van der Waals surface area (Å²) in [5.41, 5.74) is 3.01. The molecule has 29 heavy (non-hydrogen) atoms. The second-order valence-electron chi connectivity index (χ2n) is 6.85. The molecule has 0 unspecified atom stereocenters. The first kappa shape index (κ1) is 18.8. The summed E-state index contributed by atoms with van der Waals surface area (Å²) < 4.78 is 19.4. The summed E-state index contributed by atoms with van der Waals surface area (Å²) in [7, 11) is 0. The van der Waals surface area contributed by atoms with Crippen LogP contribution in [0.5, 0.6) is 0 Å². The molecule has 0 fully saturated rings. The third-order valence-corrected chi connectivity index (χ3v) is 4.87. The molecule has 0 aliphatic rings. The molecule has 0 saturated carbocycles. The van der Waals surface area contributed by atoms with Gasteiger partial charge in [0.1, 0.15) is 11.4 Å². The Kier molecular flexibility index (Phi) is 5.33. The van der Waals surface area contributed by atoms with Crippen molar-refractivity contribution < 1.29 is 13.6 Å². The van der Waals surface area contributed by atoms with Crippen LogP contribution in [0.4, 0.5) is 4.39 Å². The minimum absolute atomic E-state index is 0.230. The fourth-order valence-corrected chi connectivity index (χ4v) is 3.30. The molecule has 0 N–H and O–H groups in total. The summed E-state index contributed by atoms with van der Waals surface area (Å²) in [5.74, 6) is -0.350. The van der Waals surface area contributed by atoms with Crippen molar-refractivity contribution in [3.8, 4) is 0 Å². The Morgan fingerprint density at radius 1 is 1.10 bits per heavy atom. The third kappa shape index (κ3) is 4.16. The summed E-state index contributed by atoms with van der Waals surface area (Å²) in [4.78, 5) is 23.4. The van der Waals surface area contributed by atoms with Crippen molar-refractivity contribution in [2.24, 2.45) is 0 Å². The van der Waals surface area contributed by atoms with Crippen molar-refractivity contribution in [2.45, 2.75) is 19.9 Å². The van der Waals surface area contributed by atoms with Crippen molar-refractivity contribution in [1.82, 2.24) is 14.9 Å². The molecule has 146 valence electrons. The lowest BCUT2D eigenvalue weighted by Gasteiger charge is -2.22. The van der Waals surface area contributed by atoms with Gasteiger partial charge in [0.25, 0.3) is 5.91 Å². The monoisotopic (exact) mass is 389 g/mol. The second kappa shape index (κ2) is 8.22. The van der Waals surface area contributed by atoms with Crippen LogP contribution in [-0.2, 0) is 13.0 Å². The second-order valence-corrected chi connectivity index (χ2v) is 6.85. The van der Waals surface area contributed by atoms with E-state index in [4.69, 9.17) is 4.42 Å². The number of nitrogens with zero attached hydrogens (tertiary/aromatic N) is 3. The zero-order chi connectivity index (χ0) is 20.2. The smallest absolute Gasteiger partial charge is 0.290 e. The fraction of sp³-hybridized carbons (Fsp3) is 0.174. The minimum atomic E-state index is -0.357. The van der Waals surface area contributed by atoms with Gasteiger partial charge >= 0.3 is 0 Å². The zero-order valence-electron chi connectivity index (χ0n) is 16.0. The van der Waals surface area contributed by atoms with E-state index in [1.807, 2.05) is 30.3 Å². The molecule has 0 bridgehead atoms. The molecule has 0 spiro atoms. The van der Waals surface area contributed by atoms with Gasteiger partial charge in [0.05, 0.1) is 0 Å². The molecule has 6 heteroatoms. The molecule has 5 nitrogen and oxygen atoms in total. The quantitative estimate of drug-likeness (QED) is 0.485. The van der Waals surface area contributed by atoms with Crippen LogP contribution in [0.25, 0.3) is 11.0 Å². The van der Waals surface area contributed by atoms with E-state index >= 15 is 0 Å². The van der Waals surface area contributed by atoms with Gasteiger partial charge in [0.2, 0.25) is 0 Å². The number of benzene rings is 1. The van der Waals surface area contributed by atoms with Crippen LogP contribution in [0, 0.1) is 12.7 Å². The molecule has 0 aliphatic heterocycles. The van der Waals surface area contributed by atoms with E-state index in [9.17, 15) is 9.18 Å². The predicted molar refractivity (Wildman–Crippen MR) is 108 cm³/mol. The molecule has 0 atom stereocenters. The number of rotatable bonds is 6. The zero-order valence-corrected chi connectivity index (χ0v) is 16.0. The molecule has 3 heterocycles. The van der Waals surface area contributed by atoms with E-state index in [0.717, 1.165) is 11.3 Å². The Balaban J connectivity index is 1.64. The Morgan fingerprint density at radius 2 is 1.93 bits per heavy atom. The molecule has 1 amide bonds. The van der Waals surface area contributed by atoms with Crippen LogP contribution in [0.1, 0.15) is 27.4 Å². The SMILES string of the molecule is Cc1c(C(=O)N(CCc2ccccn2)Cc2ccncc2)oc2ccc(F)cc12. The first-order valence-electron chi connectivity index (χ1n) is 9.38. The summed E-state index contributed by atoms with van der Waals surface area (Å²) >= 11 is 0. The number of aromatic nitrogens is 2. The normalized spacial score (nSPS) is 11.0. The average molecular weight is 389 g/mol. The first-order valence-corrected chi connectivity index (χ1v) is 9.38. The Labute approximate surface area is 167 Å². The number of furan rings is 1. The highest BCUT2D eigenvalue weighted by Gasteiger charge is 2.24. The highest BCUT2D eigenvalue weighted by atomic mass is 19.1. The number of hydrogen-bond donors (Lipinski definition) is 0. The van der Waals surface area contributed by atoms with Gasteiger partial charge in [-0.25, -0.2) is 4.39 Å².